The van der Waals surface area contributed by atoms with Crippen molar-refractivity contribution >= 4 is 39.9 Å². The third-order valence-electron chi connectivity index (χ3n) is 8.93. The Morgan fingerprint density at radius 1 is 1.09 bits per heavy atom. The summed E-state index contributed by atoms with van der Waals surface area (Å²) >= 11 is 1.28. The number of aliphatic carboxylic acids is 1. The lowest BCUT2D eigenvalue weighted by molar-refractivity contribution is -0.138. The molecule has 0 saturated carbocycles. The summed E-state index contributed by atoms with van der Waals surface area (Å²) in [5.74, 6) is -1.90. The number of carbonyl (C=O) groups is 3. The molecule has 2 amide bonds. The Balaban J connectivity index is 1.14. The number of aromatic nitrogens is 3. The van der Waals surface area contributed by atoms with Gasteiger partial charge < -0.3 is 19.5 Å². The highest BCUT2D eigenvalue weighted by Gasteiger charge is 2.42. The van der Waals surface area contributed by atoms with E-state index in [1.165, 1.54) is 22.3 Å². The van der Waals surface area contributed by atoms with Crippen molar-refractivity contribution in [3.05, 3.63) is 82.6 Å². The minimum Gasteiger partial charge on any atom is -0.481 e. The first-order valence-corrected chi connectivity index (χ1v) is 15.7. The van der Waals surface area contributed by atoms with Crippen LogP contribution in [0.5, 0.6) is 0 Å². The number of amides is 2. The minimum absolute atomic E-state index is 0.0424. The summed E-state index contributed by atoms with van der Waals surface area (Å²) in [4.78, 5) is 51.0. The number of nitrogens with zero attached hydrogens (tertiary/aromatic N) is 5. The molecule has 2 aromatic heterocycles. The Kier molecular flexibility index (Phi) is 7.37. The quantitative estimate of drug-likeness (QED) is 0.283. The summed E-state index contributed by atoms with van der Waals surface area (Å²) in [5.41, 5.74) is 4.31. The van der Waals surface area contributed by atoms with Gasteiger partial charge in [-0.2, -0.15) is 0 Å². The van der Waals surface area contributed by atoms with Crippen LogP contribution in [0.25, 0.3) is 11.1 Å². The largest absolute Gasteiger partial charge is 0.481 e. The van der Waals surface area contributed by atoms with Gasteiger partial charge in [0.1, 0.15) is 5.82 Å². The molecule has 0 aliphatic carbocycles. The summed E-state index contributed by atoms with van der Waals surface area (Å²) in [7, 11) is 0. The Morgan fingerprint density at radius 3 is 2.61 bits per heavy atom. The standard InChI is InChI=1S/C32H31FN6O4S/c33-25-16-21(20-3-5-22(6-4-20)37-11-7-19(8-12-37)14-27(40)41)15-23-24(25)17-39(31(23)43)29(30(42)36-32-34-9-13-44-32)28-26-2-1-10-38(26)18-35-28/h3-6,9,13,15-16,18-19,29H,1-2,7-8,10-12,14,17H2,(H,40,41)(H,34,36,42). The van der Waals surface area contributed by atoms with Crippen LogP contribution >= 0.6 is 11.3 Å². The Labute approximate surface area is 257 Å². The number of anilines is 2. The zero-order valence-electron chi connectivity index (χ0n) is 23.9. The fraction of sp³-hybridized carbons (Fsp3) is 0.344. The molecule has 226 valence electrons. The number of piperidine rings is 1. The predicted molar refractivity (Wildman–Crippen MR) is 163 cm³/mol. The van der Waals surface area contributed by atoms with E-state index < -0.39 is 29.6 Å². The predicted octanol–water partition coefficient (Wildman–Crippen LogP) is 5.12. The maximum atomic E-state index is 15.7. The van der Waals surface area contributed by atoms with Crippen LogP contribution < -0.4 is 10.2 Å². The molecule has 0 bridgehead atoms. The lowest BCUT2D eigenvalue weighted by Gasteiger charge is -2.33. The summed E-state index contributed by atoms with van der Waals surface area (Å²) < 4.78 is 17.7. The molecule has 3 aliphatic heterocycles. The Bertz CT molecular complexity index is 1730. The number of hydrogen-bond acceptors (Lipinski definition) is 7. The molecule has 0 radical (unpaired) electrons. The highest BCUT2D eigenvalue weighted by atomic mass is 32.1. The van der Waals surface area contributed by atoms with Gasteiger partial charge in [0, 0.05) is 60.1 Å². The summed E-state index contributed by atoms with van der Waals surface area (Å²) in [6.07, 6.45) is 6.83. The van der Waals surface area contributed by atoms with Gasteiger partial charge in [-0.1, -0.05) is 12.1 Å². The molecule has 10 nitrogen and oxygen atoms in total. The normalized spacial score (nSPS) is 17.1. The fourth-order valence-electron chi connectivity index (χ4n) is 6.67. The van der Waals surface area contributed by atoms with Gasteiger partial charge in [-0.15, -0.1) is 11.3 Å². The first-order chi connectivity index (χ1) is 21.4. The smallest absolute Gasteiger partial charge is 0.303 e. The van der Waals surface area contributed by atoms with Crippen molar-refractivity contribution in [2.45, 2.75) is 51.2 Å². The average Bonchev–Trinajstić information content (AvgIpc) is 3.82. The van der Waals surface area contributed by atoms with Crippen LogP contribution in [0.15, 0.2) is 54.3 Å². The molecule has 1 fully saturated rings. The highest BCUT2D eigenvalue weighted by Crippen LogP contribution is 2.38. The first kappa shape index (κ1) is 28.2. The molecule has 2 N–H and O–H groups in total. The first-order valence-electron chi connectivity index (χ1n) is 14.8. The van der Waals surface area contributed by atoms with Gasteiger partial charge in [-0.05, 0) is 67.0 Å². The number of carbonyl (C=O) groups excluding carboxylic acids is 2. The van der Waals surface area contributed by atoms with Crippen molar-refractivity contribution in [1.82, 2.24) is 19.4 Å². The van der Waals surface area contributed by atoms with Crippen LogP contribution in [0, 0.1) is 11.7 Å². The zero-order chi connectivity index (χ0) is 30.4. The van der Waals surface area contributed by atoms with E-state index in [0.717, 1.165) is 62.3 Å². The molecule has 5 heterocycles. The molecular formula is C32H31FN6O4S. The molecule has 3 aliphatic rings. The molecule has 1 unspecified atom stereocenters. The van der Waals surface area contributed by atoms with E-state index >= 15 is 4.39 Å². The number of hydrogen-bond donors (Lipinski definition) is 2. The molecule has 1 atom stereocenters. The van der Waals surface area contributed by atoms with E-state index in [0.29, 0.717) is 16.4 Å². The number of carboxylic acids is 1. The lowest BCUT2D eigenvalue weighted by atomic mass is 9.93. The number of rotatable bonds is 8. The molecular weight excluding hydrogens is 583 g/mol. The van der Waals surface area contributed by atoms with Gasteiger partial charge in [0.15, 0.2) is 11.2 Å². The van der Waals surface area contributed by atoms with Gasteiger partial charge >= 0.3 is 5.97 Å². The maximum absolute atomic E-state index is 15.7. The molecule has 7 rings (SSSR count). The number of aryl methyl sites for hydroxylation is 1. The summed E-state index contributed by atoms with van der Waals surface area (Å²) in [6.45, 7) is 2.33. The number of halogens is 1. The molecule has 4 aromatic rings. The van der Waals surface area contributed by atoms with Crippen LogP contribution in [-0.2, 0) is 29.1 Å². The van der Waals surface area contributed by atoms with Crippen molar-refractivity contribution < 1.29 is 23.9 Å². The number of fused-ring (bicyclic) bond motifs is 2. The second-order valence-corrected chi connectivity index (χ2v) is 12.5. The molecule has 2 aromatic carbocycles. The number of thiazole rings is 1. The molecule has 1 saturated heterocycles. The van der Waals surface area contributed by atoms with Crippen LogP contribution in [0.3, 0.4) is 0 Å². The monoisotopic (exact) mass is 614 g/mol. The van der Waals surface area contributed by atoms with Gasteiger partial charge in [-0.3, -0.25) is 19.7 Å². The van der Waals surface area contributed by atoms with E-state index in [-0.39, 0.29) is 30.0 Å². The summed E-state index contributed by atoms with van der Waals surface area (Å²) in [5, 5.41) is 14.1. The average molecular weight is 615 g/mol. The number of nitrogens with one attached hydrogen (secondary N) is 1. The topological polar surface area (TPSA) is 121 Å². The van der Waals surface area contributed by atoms with Crippen LogP contribution in [0.2, 0.25) is 0 Å². The van der Waals surface area contributed by atoms with E-state index in [1.54, 1.807) is 24.0 Å². The van der Waals surface area contributed by atoms with Crippen LogP contribution in [0.1, 0.15) is 59.0 Å². The molecule has 12 heteroatoms. The van der Waals surface area contributed by atoms with Crippen molar-refractivity contribution in [3.63, 3.8) is 0 Å². The lowest BCUT2D eigenvalue weighted by Crippen LogP contribution is -2.38. The van der Waals surface area contributed by atoms with Gasteiger partial charge in [0.05, 0.1) is 18.6 Å². The third kappa shape index (κ3) is 5.23. The van der Waals surface area contributed by atoms with Gasteiger partial charge in [0.25, 0.3) is 11.8 Å². The van der Waals surface area contributed by atoms with Crippen molar-refractivity contribution in [2.75, 3.05) is 23.3 Å². The van der Waals surface area contributed by atoms with Crippen molar-refractivity contribution in [1.29, 1.82) is 0 Å². The van der Waals surface area contributed by atoms with E-state index in [9.17, 15) is 14.4 Å². The number of carboxylic acid groups (broad SMARTS) is 1. The third-order valence-corrected chi connectivity index (χ3v) is 9.62. The zero-order valence-corrected chi connectivity index (χ0v) is 24.7. The number of imidazole rings is 1. The number of benzene rings is 2. The van der Waals surface area contributed by atoms with E-state index in [2.05, 4.69) is 20.2 Å². The van der Waals surface area contributed by atoms with Gasteiger partial charge in [0.2, 0.25) is 0 Å². The second kappa shape index (κ2) is 11.5. The van der Waals surface area contributed by atoms with E-state index in [4.69, 9.17) is 5.11 Å². The van der Waals surface area contributed by atoms with Crippen molar-refractivity contribution in [2.24, 2.45) is 5.92 Å². The van der Waals surface area contributed by atoms with Crippen molar-refractivity contribution in [3.8, 4) is 11.1 Å². The molecule has 44 heavy (non-hydrogen) atoms. The second-order valence-electron chi connectivity index (χ2n) is 11.6. The summed E-state index contributed by atoms with van der Waals surface area (Å²) in [6, 6.07) is 9.90. The maximum Gasteiger partial charge on any atom is 0.303 e. The Hall–Kier alpha value is -4.58. The van der Waals surface area contributed by atoms with Crippen LogP contribution in [-0.4, -0.2) is 55.4 Å². The highest BCUT2D eigenvalue weighted by molar-refractivity contribution is 7.13. The minimum atomic E-state index is -1.03. The SMILES string of the molecule is O=C(O)CC1CCN(c2ccc(-c3cc(F)c4c(c3)C(=O)N(C(C(=O)Nc3nccs3)c3ncn5c3CCC5)C4)cc2)CC1. The fourth-order valence-corrected chi connectivity index (χ4v) is 7.20. The van der Waals surface area contributed by atoms with E-state index in [1.807, 2.05) is 28.8 Å². The Morgan fingerprint density at radius 2 is 1.89 bits per heavy atom. The van der Waals surface area contributed by atoms with Crippen LogP contribution in [0.4, 0.5) is 15.2 Å². The van der Waals surface area contributed by atoms with Gasteiger partial charge in [-0.25, -0.2) is 14.4 Å². The molecule has 0 spiro atoms.